The first-order chi connectivity index (χ1) is 13.0. The van der Waals surface area contributed by atoms with E-state index in [0.29, 0.717) is 37.8 Å². The van der Waals surface area contributed by atoms with Gasteiger partial charge in [0.05, 0.1) is 0 Å². The van der Waals surface area contributed by atoms with E-state index in [1.165, 1.54) is 5.56 Å². The second kappa shape index (κ2) is 8.16. The van der Waals surface area contributed by atoms with Gasteiger partial charge in [-0.2, -0.15) is 0 Å². The normalized spacial score (nSPS) is 14.2. The monoisotopic (exact) mass is 367 g/mol. The molecular formula is C20H25N5O2. The molecule has 2 aromatic rings. The van der Waals surface area contributed by atoms with Crippen molar-refractivity contribution in [2.75, 3.05) is 31.5 Å². The minimum Gasteiger partial charge on any atom is -0.339 e. The van der Waals surface area contributed by atoms with Crippen molar-refractivity contribution >= 4 is 23.5 Å². The van der Waals surface area contributed by atoms with Crippen LogP contribution in [0, 0.1) is 6.92 Å². The summed E-state index contributed by atoms with van der Waals surface area (Å²) in [5.41, 5.74) is 3.23. The van der Waals surface area contributed by atoms with Gasteiger partial charge in [-0.1, -0.05) is 19.1 Å². The molecule has 1 aromatic heterocycles. The van der Waals surface area contributed by atoms with Crippen LogP contribution in [0.3, 0.4) is 0 Å². The Hall–Kier alpha value is -2.96. The van der Waals surface area contributed by atoms with Gasteiger partial charge in [0.1, 0.15) is 5.69 Å². The SMILES string of the molecule is CCc1ccc(Nc2nc(C)cc(C(=O)N3CCN(C(C)=O)CC3)n2)cc1. The molecule has 0 unspecified atom stereocenters. The van der Waals surface area contributed by atoms with E-state index in [9.17, 15) is 9.59 Å². The van der Waals surface area contributed by atoms with Gasteiger partial charge in [-0.05, 0) is 37.1 Å². The lowest BCUT2D eigenvalue weighted by Crippen LogP contribution is -2.50. The van der Waals surface area contributed by atoms with E-state index in [2.05, 4.69) is 34.3 Å². The maximum absolute atomic E-state index is 12.8. The number of carbonyl (C=O) groups is 2. The van der Waals surface area contributed by atoms with E-state index in [1.54, 1.807) is 22.8 Å². The third kappa shape index (κ3) is 4.61. The molecule has 27 heavy (non-hydrogen) atoms. The van der Waals surface area contributed by atoms with Crippen LogP contribution in [-0.2, 0) is 11.2 Å². The summed E-state index contributed by atoms with van der Waals surface area (Å²) in [6.07, 6.45) is 0.983. The molecule has 7 nitrogen and oxygen atoms in total. The molecule has 2 amide bonds. The van der Waals surface area contributed by atoms with Crippen LogP contribution in [0.4, 0.5) is 11.6 Å². The van der Waals surface area contributed by atoms with Gasteiger partial charge in [0.25, 0.3) is 5.91 Å². The Kier molecular flexibility index (Phi) is 5.69. The van der Waals surface area contributed by atoms with Crippen molar-refractivity contribution in [2.24, 2.45) is 0 Å². The molecule has 0 radical (unpaired) electrons. The second-order valence-electron chi connectivity index (χ2n) is 6.69. The first-order valence-electron chi connectivity index (χ1n) is 9.22. The number of benzene rings is 1. The lowest BCUT2D eigenvalue weighted by atomic mass is 10.1. The lowest BCUT2D eigenvalue weighted by molar-refractivity contribution is -0.130. The highest BCUT2D eigenvalue weighted by Gasteiger charge is 2.24. The van der Waals surface area contributed by atoms with Crippen molar-refractivity contribution in [1.82, 2.24) is 19.8 Å². The Morgan fingerprint density at radius 3 is 2.26 bits per heavy atom. The highest BCUT2D eigenvalue weighted by Crippen LogP contribution is 2.16. The van der Waals surface area contributed by atoms with Gasteiger partial charge in [0.2, 0.25) is 11.9 Å². The van der Waals surface area contributed by atoms with Gasteiger partial charge in [0.15, 0.2) is 0 Å². The number of aromatic nitrogens is 2. The first-order valence-corrected chi connectivity index (χ1v) is 9.22. The zero-order chi connectivity index (χ0) is 19.4. The van der Waals surface area contributed by atoms with Gasteiger partial charge < -0.3 is 15.1 Å². The number of nitrogens with one attached hydrogen (secondary N) is 1. The fourth-order valence-electron chi connectivity index (χ4n) is 3.07. The van der Waals surface area contributed by atoms with Crippen LogP contribution in [-0.4, -0.2) is 57.8 Å². The van der Waals surface area contributed by atoms with Crippen LogP contribution in [0.1, 0.15) is 35.6 Å². The average molecular weight is 367 g/mol. The minimum atomic E-state index is -0.131. The van der Waals surface area contributed by atoms with Gasteiger partial charge in [0, 0.05) is 44.5 Å². The molecule has 3 rings (SSSR count). The number of hydrogen-bond donors (Lipinski definition) is 1. The van der Waals surface area contributed by atoms with E-state index in [0.717, 1.165) is 17.8 Å². The van der Waals surface area contributed by atoms with E-state index in [-0.39, 0.29) is 11.8 Å². The molecule has 1 fully saturated rings. The van der Waals surface area contributed by atoms with Crippen LogP contribution in [0.5, 0.6) is 0 Å². The summed E-state index contributed by atoms with van der Waals surface area (Å²) in [6, 6.07) is 9.77. The largest absolute Gasteiger partial charge is 0.339 e. The number of hydrogen-bond acceptors (Lipinski definition) is 5. The van der Waals surface area contributed by atoms with Crippen LogP contribution in [0.15, 0.2) is 30.3 Å². The molecule has 0 saturated carbocycles. The zero-order valence-electron chi connectivity index (χ0n) is 16.0. The van der Waals surface area contributed by atoms with Crippen molar-refractivity contribution in [3.8, 4) is 0 Å². The number of anilines is 2. The van der Waals surface area contributed by atoms with E-state index in [4.69, 9.17) is 0 Å². The molecule has 1 saturated heterocycles. The molecule has 7 heteroatoms. The first kappa shape index (κ1) is 18.8. The molecule has 1 N–H and O–H groups in total. The van der Waals surface area contributed by atoms with Crippen molar-refractivity contribution in [3.05, 3.63) is 47.3 Å². The summed E-state index contributed by atoms with van der Waals surface area (Å²) in [5.74, 6) is 0.318. The van der Waals surface area contributed by atoms with E-state index in [1.807, 2.05) is 19.1 Å². The van der Waals surface area contributed by atoms with E-state index >= 15 is 0 Å². The van der Waals surface area contributed by atoms with Crippen LogP contribution >= 0.6 is 0 Å². The highest BCUT2D eigenvalue weighted by atomic mass is 16.2. The molecule has 1 aliphatic heterocycles. The predicted octanol–water partition coefficient (Wildman–Crippen LogP) is 2.40. The highest BCUT2D eigenvalue weighted by molar-refractivity contribution is 5.93. The molecule has 1 aliphatic rings. The summed E-state index contributed by atoms with van der Waals surface area (Å²) < 4.78 is 0. The minimum absolute atomic E-state index is 0.0422. The number of piperazine rings is 1. The zero-order valence-corrected chi connectivity index (χ0v) is 16.0. The van der Waals surface area contributed by atoms with Crippen molar-refractivity contribution in [3.63, 3.8) is 0 Å². The van der Waals surface area contributed by atoms with E-state index < -0.39 is 0 Å². The molecule has 0 bridgehead atoms. The summed E-state index contributed by atoms with van der Waals surface area (Å²) in [7, 11) is 0. The summed E-state index contributed by atoms with van der Waals surface area (Å²) in [6.45, 7) is 7.65. The number of aryl methyl sites for hydroxylation is 2. The average Bonchev–Trinajstić information content (AvgIpc) is 2.67. The molecule has 0 aliphatic carbocycles. The Morgan fingerprint density at radius 2 is 1.67 bits per heavy atom. The van der Waals surface area contributed by atoms with Crippen molar-refractivity contribution < 1.29 is 9.59 Å². The summed E-state index contributed by atoms with van der Waals surface area (Å²) >= 11 is 0. The van der Waals surface area contributed by atoms with Gasteiger partial charge in [-0.25, -0.2) is 9.97 Å². The van der Waals surface area contributed by atoms with Crippen LogP contribution < -0.4 is 5.32 Å². The smallest absolute Gasteiger partial charge is 0.272 e. The molecular weight excluding hydrogens is 342 g/mol. The fourth-order valence-corrected chi connectivity index (χ4v) is 3.07. The van der Waals surface area contributed by atoms with Gasteiger partial charge in [-0.15, -0.1) is 0 Å². The Balaban J connectivity index is 1.72. The Labute approximate surface area is 159 Å². The fraction of sp³-hybridized carbons (Fsp3) is 0.400. The quantitative estimate of drug-likeness (QED) is 0.898. The third-order valence-corrected chi connectivity index (χ3v) is 4.70. The standard InChI is InChI=1S/C20H25N5O2/c1-4-16-5-7-17(8-6-16)22-20-21-14(2)13-18(23-20)19(27)25-11-9-24(10-12-25)15(3)26/h5-8,13H,4,9-12H2,1-3H3,(H,21,22,23). The number of rotatable bonds is 4. The molecule has 0 spiro atoms. The topological polar surface area (TPSA) is 78.4 Å². The number of amides is 2. The predicted molar refractivity (Wildman–Crippen MR) is 104 cm³/mol. The van der Waals surface area contributed by atoms with Gasteiger partial charge in [-0.3, -0.25) is 9.59 Å². The molecule has 2 heterocycles. The maximum Gasteiger partial charge on any atom is 0.272 e. The lowest BCUT2D eigenvalue weighted by Gasteiger charge is -2.34. The number of carbonyl (C=O) groups excluding carboxylic acids is 2. The maximum atomic E-state index is 12.8. The van der Waals surface area contributed by atoms with Crippen molar-refractivity contribution in [1.29, 1.82) is 0 Å². The van der Waals surface area contributed by atoms with Crippen molar-refractivity contribution in [2.45, 2.75) is 27.2 Å². The molecule has 1 aromatic carbocycles. The van der Waals surface area contributed by atoms with Crippen LogP contribution in [0.25, 0.3) is 0 Å². The molecule has 0 atom stereocenters. The van der Waals surface area contributed by atoms with Gasteiger partial charge >= 0.3 is 0 Å². The second-order valence-corrected chi connectivity index (χ2v) is 6.69. The Bertz CT molecular complexity index is 827. The summed E-state index contributed by atoms with van der Waals surface area (Å²) in [4.78, 5) is 36.5. The Morgan fingerprint density at radius 1 is 1.04 bits per heavy atom. The third-order valence-electron chi connectivity index (χ3n) is 4.70. The molecule has 142 valence electrons. The van der Waals surface area contributed by atoms with Crippen LogP contribution in [0.2, 0.25) is 0 Å². The summed E-state index contributed by atoms with van der Waals surface area (Å²) in [5, 5.41) is 3.17. The number of nitrogens with zero attached hydrogens (tertiary/aromatic N) is 4.